The molecule has 3 nitrogen and oxygen atoms in total. The smallest absolute Gasteiger partial charge is 0.361 e. The van der Waals surface area contributed by atoms with Crippen LogP contribution in [-0.2, 0) is 13.8 Å². The van der Waals surface area contributed by atoms with E-state index < -0.39 is 39.9 Å². The molecule has 0 atom stereocenters. The predicted molar refractivity (Wildman–Crippen MR) is 50.7 cm³/mol. The van der Waals surface area contributed by atoms with Gasteiger partial charge in [-0.15, -0.1) is 0 Å². The first-order valence-electron chi connectivity index (χ1n) is 4.51. The van der Waals surface area contributed by atoms with Gasteiger partial charge in [-0.2, -0.15) is 26.3 Å². The zero-order chi connectivity index (χ0) is 14.6. The summed E-state index contributed by atoms with van der Waals surface area (Å²) in [6, 6.07) is 0. The zero-order valence-corrected chi connectivity index (χ0v) is 10.3. The fourth-order valence-corrected chi connectivity index (χ4v) is 1.83. The van der Waals surface area contributed by atoms with Gasteiger partial charge in [0.25, 0.3) is 0 Å². The van der Waals surface area contributed by atoms with Crippen molar-refractivity contribution in [1.82, 2.24) is 0 Å². The van der Waals surface area contributed by atoms with Crippen LogP contribution >= 0.6 is 10.7 Å². The van der Waals surface area contributed by atoms with Crippen LogP contribution in [0.2, 0.25) is 0 Å². The first kappa shape index (κ1) is 17.8. The standard InChI is InChI=1S/C7H9ClF6O3S/c8-18(15,16)4-2-1-3-17-5(6(9,10)11)7(12,13)14/h5H,1-4H2. The van der Waals surface area contributed by atoms with Gasteiger partial charge in [-0.3, -0.25) is 0 Å². The molecule has 0 saturated heterocycles. The van der Waals surface area contributed by atoms with Gasteiger partial charge in [-0.05, 0) is 12.8 Å². The molecule has 11 heteroatoms. The third kappa shape index (κ3) is 7.98. The van der Waals surface area contributed by atoms with Crippen molar-refractivity contribution in [3.8, 4) is 0 Å². The fraction of sp³-hybridized carbons (Fsp3) is 1.00. The summed E-state index contributed by atoms with van der Waals surface area (Å²) < 4.78 is 96.2. The van der Waals surface area contributed by atoms with Crippen LogP contribution in [0.5, 0.6) is 0 Å². The van der Waals surface area contributed by atoms with Crippen LogP contribution in [0.1, 0.15) is 12.8 Å². The first-order valence-corrected chi connectivity index (χ1v) is 6.99. The molecule has 110 valence electrons. The Balaban J connectivity index is 4.16. The summed E-state index contributed by atoms with van der Waals surface area (Å²) in [5.74, 6) is -0.541. The molecule has 0 spiro atoms. The Labute approximate surface area is 103 Å². The molecule has 0 amide bonds. The van der Waals surface area contributed by atoms with Crippen molar-refractivity contribution in [2.75, 3.05) is 12.4 Å². The van der Waals surface area contributed by atoms with Gasteiger partial charge in [0.05, 0.1) is 5.75 Å². The SMILES string of the molecule is O=S(=O)(Cl)CCCCOC(C(F)(F)F)C(F)(F)F. The lowest BCUT2D eigenvalue weighted by Crippen LogP contribution is -2.44. The average Bonchev–Trinajstić information content (AvgIpc) is 2.04. The summed E-state index contributed by atoms with van der Waals surface area (Å²) in [5.41, 5.74) is 0. The molecule has 0 unspecified atom stereocenters. The molecule has 0 saturated carbocycles. The summed E-state index contributed by atoms with van der Waals surface area (Å²) in [6.45, 7) is -0.865. The molecule has 0 aromatic heterocycles. The van der Waals surface area contributed by atoms with Gasteiger partial charge in [-0.1, -0.05) is 0 Å². The lowest BCUT2D eigenvalue weighted by atomic mass is 10.3. The first-order chi connectivity index (χ1) is 7.84. The molecule has 0 bridgehead atoms. The topological polar surface area (TPSA) is 43.4 Å². The normalized spacial score (nSPS) is 14.2. The number of hydrogen-bond acceptors (Lipinski definition) is 3. The third-order valence-electron chi connectivity index (χ3n) is 1.66. The molecular weight excluding hydrogens is 314 g/mol. The molecule has 0 N–H and O–H groups in total. The molecular formula is C7H9ClF6O3S. The lowest BCUT2D eigenvalue weighted by Gasteiger charge is -2.22. The highest BCUT2D eigenvalue weighted by molar-refractivity contribution is 8.13. The molecule has 0 fully saturated rings. The Morgan fingerprint density at radius 2 is 1.44 bits per heavy atom. The maximum atomic E-state index is 12.0. The highest BCUT2D eigenvalue weighted by Gasteiger charge is 2.57. The highest BCUT2D eigenvalue weighted by atomic mass is 35.7. The fourth-order valence-electron chi connectivity index (χ4n) is 0.952. The maximum absolute atomic E-state index is 12.0. The monoisotopic (exact) mass is 322 g/mol. The van der Waals surface area contributed by atoms with Crippen molar-refractivity contribution in [2.24, 2.45) is 0 Å². The lowest BCUT2D eigenvalue weighted by molar-refractivity contribution is -0.321. The minimum absolute atomic E-state index is 0.186. The van der Waals surface area contributed by atoms with Gasteiger partial charge < -0.3 is 4.74 Å². The summed E-state index contributed by atoms with van der Waals surface area (Å²) in [7, 11) is 0.982. The molecule has 0 rings (SSSR count). The van der Waals surface area contributed by atoms with E-state index in [-0.39, 0.29) is 12.8 Å². The minimum atomic E-state index is -5.56. The minimum Gasteiger partial charge on any atom is -0.361 e. The van der Waals surface area contributed by atoms with Crippen LogP contribution in [0.3, 0.4) is 0 Å². The highest BCUT2D eigenvalue weighted by Crippen LogP contribution is 2.35. The summed E-state index contributed by atoms with van der Waals surface area (Å²) in [5, 5.41) is 0. The largest absolute Gasteiger partial charge is 0.423 e. The summed E-state index contributed by atoms with van der Waals surface area (Å²) in [6.07, 6.45) is -15.5. The summed E-state index contributed by atoms with van der Waals surface area (Å²) >= 11 is 0. The second-order valence-corrected chi connectivity index (χ2v) is 6.18. The average molecular weight is 323 g/mol. The molecule has 0 aliphatic carbocycles. The van der Waals surface area contributed by atoms with Crippen molar-refractivity contribution in [3.63, 3.8) is 0 Å². The molecule has 0 aromatic carbocycles. The number of unbranched alkanes of at least 4 members (excludes halogenated alkanes) is 1. The molecule has 18 heavy (non-hydrogen) atoms. The Bertz CT molecular complexity index is 335. The van der Waals surface area contributed by atoms with Gasteiger partial charge >= 0.3 is 12.4 Å². The van der Waals surface area contributed by atoms with Crippen LogP contribution in [-0.4, -0.2) is 39.2 Å². The van der Waals surface area contributed by atoms with Crippen molar-refractivity contribution >= 4 is 19.7 Å². The number of rotatable bonds is 6. The maximum Gasteiger partial charge on any atom is 0.423 e. The number of halogens is 7. The van der Waals surface area contributed by atoms with E-state index >= 15 is 0 Å². The van der Waals surface area contributed by atoms with Gasteiger partial charge in [0.15, 0.2) is 0 Å². The van der Waals surface area contributed by atoms with E-state index in [9.17, 15) is 34.8 Å². The van der Waals surface area contributed by atoms with Crippen molar-refractivity contribution in [3.05, 3.63) is 0 Å². The van der Waals surface area contributed by atoms with Crippen molar-refractivity contribution in [1.29, 1.82) is 0 Å². The molecule has 0 heterocycles. The molecule has 0 radical (unpaired) electrons. The molecule has 0 aromatic rings. The Kier molecular flexibility index (Phi) is 6.21. The van der Waals surface area contributed by atoms with E-state index in [1.165, 1.54) is 0 Å². The Hall–Kier alpha value is -0.220. The van der Waals surface area contributed by atoms with E-state index in [1.807, 2.05) is 0 Å². The van der Waals surface area contributed by atoms with Gasteiger partial charge in [0.2, 0.25) is 15.2 Å². The number of alkyl halides is 6. The zero-order valence-electron chi connectivity index (χ0n) is 8.68. The van der Waals surface area contributed by atoms with Gasteiger partial charge in [0, 0.05) is 17.3 Å². The van der Waals surface area contributed by atoms with Crippen LogP contribution in [0, 0.1) is 0 Å². The van der Waals surface area contributed by atoms with E-state index in [4.69, 9.17) is 10.7 Å². The van der Waals surface area contributed by atoms with Gasteiger partial charge in [0.1, 0.15) is 0 Å². The molecule has 0 aliphatic rings. The number of ether oxygens (including phenoxy) is 1. The van der Waals surface area contributed by atoms with Gasteiger partial charge in [-0.25, -0.2) is 8.42 Å². The predicted octanol–water partition coefficient (Wildman–Crippen LogP) is 2.85. The van der Waals surface area contributed by atoms with E-state index in [0.29, 0.717) is 0 Å². The second-order valence-electron chi connectivity index (χ2n) is 3.28. The second kappa shape index (κ2) is 6.29. The van der Waals surface area contributed by atoms with Crippen LogP contribution in [0.4, 0.5) is 26.3 Å². The quantitative estimate of drug-likeness (QED) is 0.429. The van der Waals surface area contributed by atoms with E-state index in [2.05, 4.69) is 4.74 Å². The number of hydrogen-bond donors (Lipinski definition) is 0. The summed E-state index contributed by atoms with van der Waals surface area (Å²) in [4.78, 5) is 0. The van der Waals surface area contributed by atoms with Crippen LogP contribution < -0.4 is 0 Å². The third-order valence-corrected chi connectivity index (χ3v) is 2.90. The van der Waals surface area contributed by atoms with E-state index in [0.717, 1.165) is 0 Å². The van der Waals surface area contributed by atoms with Crippen molar-refractivity contribution in [2.45, 2.75) is 31.3 Å². The van der Waals surface area contributed by atoms with Crippen LogP contribution in [0.15, 0.2) is 0 Å². The van der Waals surface area contributed by atoms with Crippen molar-refractivity contribution < 1.29 is 39.5 Å². The van der Waals surface area contributed by atoms with Crippen LogP contribution in [0.25, 0.3) is 0 Å². The Morgan fingerprint density at radius 1 is 1.00 bits per heavy atom. The molecule has 0 aliphatic heterocycles. The Morgan fingerprint density at radius 3 is 1.78 bits per heavy atom. The van der Waals surface area contributed by atoms with E-state index in [1.54, 1.807) is 0 Å².